The summed E-state index contributed by atoms with van der Waals surface area (Å²) in [6.07, 6.45) is 4.40. The van der Waals surface area contributed by atoms with Gasteiger partial charge in [0.25, 0.3) is 5.91 Å². The highest BCUT2D eigenvalue weighted by atomic mass is 16.5. The SMILES string of the molecule is CCCN1C(=O)C2=C(C(=O)C3CCCCC3O2)C1c1ccc(OCC(C)C)c(OC)c1. The van der Waals surface area contributed by atoms with E-state index in [0.717, 1.165) is 37.7 Å². The van der Waals surface area contributed by atoms with Crippen LogP contribution in [0.2, 0.25) is 0 Å². The fraction of sp³-hybridized carbons (Fsp3) is 0.600. The summed E-state index contributed by atoms with van der Waals surface area (Å²) < 4.78 is 17.7. The molecule has 0 bridgehead atoms. The molecule has 2 aliphatic heterocycles. The molecule has 6 nitrogen and oxygen atoms in total. The normalized spacial score (nSPS) is 25.5. The molecule has 6 heteroatoms. The van der Waals surface area contributed by atoms with E-state index < -0.39 is 6.04 Å². The Bertz CT molecular complexity index is 890. The van der Waals surface area contributed by atoms with E-state index in [4.69, 9.17) is 14.2 Å². The number of methoxy groups -OCH3 is 1. The quantitative estimate of drug-likeness (QED) is 0.644. The van der Waals surface area contributed by atoms with Gasteiger partial charge >= 0.3 is 0 Å². The van der Waals surface area contributed by atoms with Gasteiger partial charge in [-0.3, -0.25) is 9.59 Å². The lowest BCUT2D eigenvalue weighted by Crippen LogP contribution is -2.39. The van der Waals surface area contributed by atoms with Gasteiger partial charge in [0, 0.05) is 6.54 Å². The number of benzene rings is 1. The van der Waals surface area contributed by atoms with Gasteiger partial charge < -0.3 is 19.1 Å². The third-order valence-electron chi connectivity index (χ3n) is 6.40. The van der Waals surface area contributed by atoms with Gasteiger partial charge in [-0.05, 0) is 49.3 Å². The smallest absolute Gasteiger partial charge is 0.290 e. The van der Waals surface area contributed by atoms with E-state index in [1.165, 1.54) is 0 Å². The lowest BCUT2D eigenvalue weighted by Gasteiger charge is -2.35. The van der Waals surface area contributed by atoms with Crippen molar-refractivity contribution in [3.8, 4) is 11.5 Å². The van der Waals surface area contributed by atoms with Gasteiger partial charge in [0.05, 0.1) is 31.2 Å². The van der Waals surface area contributed by atoms with Crippen LogP contribution >= 0.6 is 0 Å². The number of rotatable bonds is 7. The molecule has 0 spiro atoms. The van der Waals surface area contributed by atoms with Crippen LogP contribution in [0.4, 0.5) is 0 Å². The van der Waals surface area contributed by atoms with Crippen LogP contribution in [0.1, 0.15) is 64.5 Å². The number of amides is 1. The monoisotopic (exact) mass is 427 g/mol. The van der Waals surface area contributed by atoms with Crippen molar-refractivity contribution in [1.29, 1.82) is 0 Å². The summed E-state index contributed by atoms with van der Waals surface area (Å²) in [6, 6.07) is 5.27. The number of ketones is 1. The fourth-order valence-corrected chi connectivity index (χ4v) is 4.94. The molecule has 2 heterocycles. The third-order valence-corrected chi connectivity index (χ3v) is 6.40. The van der Waals surface area contributed by atoms with Crippen LogP contribution in [0, 0.1) is 11.8 Å². The van der Waals surface area contributed by atoms with E-state index >= 15 is 0 Å². The molecule has 0 radical (unpaired) electrons. The molecule has 4 rings (SSSR count). The van der Waals surface area contributed by atoms with Crippen LogP contribution < -0.4 is 9.47 Å². The van der Waals surface area contributed by atoms with Crippen molar-refractivity contribution in [2.24, 2.45) is 11.8 Å². The first-order valence-electron chi connectivity index (χ1n) is 11.5. The van der Waals surface area contributed by atoms with Crippen molar-refractivity contribution in [3.05, 3.63) is 35.1 Å². The van der Waals surface area contributed by atoms with Gasteiger partial charge in [-0.2, -0.15) is 0 Å². The predicted molar refractivity (Wildman–Crippen MR) is 117 cm³/mol. The highest BCUT2D eigenvalue weighted by molar-refractivity contribution is 6.11. The van der Waals surface area contributed by atoms with E-state index in [0.29, 0.717) is 36.1 Å². The molecule has 3 atom stereocenters. The van der Waals surface area contributed by atoms with Crippen molar-refractivity contribution >= 4 is 11.7 Å². The number of fused-ring (bicyclic) bond motifs is 1. The topological polar surface area (TPSA) is 65.1 Å². The molecule has 168 valence electrons. The first-order valence-corrected chi connectivity index (χ1v) is 11.5. The Balaban J connectivity index is 1.73. The Kier molecular flexibility index (Phi) is 6.26. The number of nitrogens with zero attached hydrogens (tertiary/aromatic N) is 1. The number of carbonyl (C=O) groups excluding carboxylic acids is 2. The van der Waals surface area contributed by atoms with E-state index in [-0.39, 0.29) is 29.5 Å². The van der Waals surface area contributed by atoms with Crippen molar-refractivity contribution in [2.75, 3.05) is 20.3 Å². The first kappa shape index (κ1) is 21.7. The third kappa shape index (κ3) is 3.92. The molecular formula is C25H33NO5. The van der Waals surface area contributed by atoms with Crippen molar-refractivity contribution in [2.45, 2.75) is 65.0 Å². The Morgan fingerprint density at radius 3 is 2.65 bits per heavy atom. The van der Waals surface area contributed by atoms with E-state index in [1.54, 1.807) is 12.0 Å². The molecular weight excluding hydrogens is 394 g/mol. The number of hydrogen-bond donors (Lipinski definition) is 0. The van der Waals surface area contributed by atoms with Gasteiger partial charge in [0.15, 0.2) is 23.0 Å². The Morgan fingerprint density at radius 2 is 1.94 bits per heavy atom. The molecule has 3 unspecified atom stereocenters. The number of ether oxygens (including phenoxy) is 3. The predicted octanol–water partition coefficient (Wildman–Crippen LogP) is 4.44. The van der Waals surface area contributed by atoms with E-state index in [1.807, 2.05) is 25.1 Å². The summed E-state index contributed by atoms with van der Waals surface area (Å²) in [4.78, 5) is 28.6. The van der Waals surface area contributed by atoms with Gasteiger partial charge in [-0.1, -0.05) is 33.3 Å². The molecule has 0 N–H and O–H groups in total. The van der Waals surface area contributed by atoms with Crippen LogP contribution in [0.5, 0.6) is 11.5 Å². The van der Waals surface area contributed by atoms with E-state index in [2.05, 4.69) is 13.8 Å². The van der Waals surface area contributed by atoms with Crippen LogP contribution in [0.3, 0.4) is 0 Å². The molecule has 1 fully saturated rings. The number of hydrogen-bond acceptors (Lipinski definition) is 5. The lowest BCUT2D eigenvalue weighted by atomic mass is 9.77. The van der Waals surface area contributed by atoms with E-state index in [9.17, 15) is 9.59 Å². The summed E-state index contributed by atoms with van der Waals surface area (Å²) in [7, 11) is 1.61. The van der Waals surface area contributed by atoms with Crippen molar-refractivity contribution in [3.63, 3.8) is 0 Å². The Hall–Kier alpha value is -2.50. The minimum absolute atomic E-state index is 0.0852. The fourth-order valence-electron chi connectivity index (χ4n) is 4.94. The van der Waals surface area contributed by atoms with Crippen molar-refractivity contribution in [1.82, 2.24) is 4.90 Å². The van der Waals surface area contributed by atoms with Gasteiger partial charge in [0.2, 0.25) is 0 Å². The van der Waals surface area contributed by atoms with Gasteiger partial charge in [-0.25, -0.2) is 0 Å². The zero-order chi connectivity index (χ0) is 22.1. The minimum Gasteiger partial charge on any atom is -0.493 e. The molecule has 0 saturated heterocycles. The van der Waals surface area contributed by atoms with Crippen LogP contribution in [0.15, 0.2) is 29.5 Å². The maximum Gasteiger partial charge on any atom is 0.290 e. The Labute approximate surface area is 184 Å². The number of Topliss-reactive ketones (excluding diaryl/α,β-unsaturated/α-hetero) is 1. The number of carbonyl (C=O) groups is 2. The molecule has 1 aliphatic carbocycles. The Morgan fingerprint density at radius 1 is 1.16 bits per heavy atom. The van der Waals surface area contributed by atoms with Crippen LogP contribution in [-0.2, 0) is 14.3 Å². The summed E-state index contributed by atoms with van der Waals surface area (Å²) in [6.45, 7) is 7.37. The highest BCUT2D eigenvalue weighted by Gasteiger charge is 2.51. The average molecular weight is 428 g/mol. The molecule has 0 aromatic heterocycles. The molecule has 1 aromatic carbocycles. The zero-order valence-corrected chi connectivity index (χ0v) is 19.0. The lowest BCUT2D eigenvalue weighted by molar-refractivity contribution is -0.135. The van der Waals surface area contributed by atoms with Crippen LogP contribution in [-0.4, -0.2) is 43.0 Å². The summed E-state index contributed by atoms with van der Waals surface area (Å²) in [5, 5.41) is 0. The van der Waals surface area contributed by atoms with Gasteiger partial charge in [0.1, 0.15) is 6.10 Å². The standard InChI is InChI=1S/C25H33NO5/c1-5-12-26-22(16-10-11-19(20(13-16)29-4)30-14-15(2)3)21-23(27)17-8-6-7-9-18(17)31-24(21)25(26)28/h10-11,13,15,17-18,22H,5-9,12,14H2,1-4H3. The molecule has 1 amide bonds. The summed E-state index contributed by atoms with van der Waals surface area (Å²) in [5.41, 5.74) is 1.38. The van der Waals surface area contributed by atoms with Crippen LogP contribution in [0.25, 0.3) is 0 Å². The first-order chi connectivity index (χ1) is 15.0. The maximum absolute atomic E-state index is 13.5. The summed E-state index contributed by atoms with van der Waals surface area (Å²) in [5.74, 6) is 1.71. The molecule has 3 aliphatic rings. The van der Waals surface area contributed by atoms with Crippen molar-refractivity contribution < 1.29 is 23.8 Å². The maximum atomic E-state index is 13.5. The molecule has 1 saturated carbocycles. The minimum atomic E-state index is -0.439. The largest absolute Gasteiger partial charge is 0.493 e. The molecule has 1 aromatic rings. The average Bonchev–Trinajstić information content (AvgIpc) is 3.04. The van der Waals surface area contributed by atoms with Gasteiger partial charge in [-0.15, -0.1) is 0 Å². The second kappa shape index (κ2) is 8.93. The zero-order valence-electron chi connectivity index (χ0n) is 19.0. The molecule has 31 heavy (non-hydrogen) atoms. The highest BCUT2D eigenvalue weighted by Crippen LogP contribution is 2.47. The summed E-state index contributed by atoms with van der Waals surface area (Å²) >= 11 is 0. The second-order valence-corrected chi connectivity index (χ2v) is 9.17. The second-order valence-electron chi connectivity index (χ2n) is 9.17.